The number of halogens is 1. The predicted octanol–water partition coefficient (Wildman–Crippen LogP) is 4.13. The number of methoxy groups -OCH3 is 1. The molecule has 2 rings (SSSR count). The van der Waals surface area contributed by atoms with Gasteiger partial charge in [0.25, 0.3) is 0 Å². The highest BCUT2D eigenvalue weighted by atomic mass is 19.1. The summed E-state index contributed by atoms with van der Waals surface area (Å²) in [5.74, 6) is 1.63. The summed E-state index contributed by atoms with van der Waals surface area (Å²) in [7, 11) is 1.47. The zero-order chi connectivity index (χ0) is 15.4. The molecule has 4 heteroatoms. The Balaban J connectivity index is 2.40. The first-order chi connectivity index (χ1) is 10.1. The van der Waals surface area contributed by atoms with Crippen molar-refractivity contribution in [3.63, 3.8) is 0 Å². The first kappa shape index (κ1) is 15.6. The fourth-order valence-electron chi connectivity index (χ4n) is 2.50. The highest BCUT2D eigenvalue weighted by Gasteiger charge is 2.20. The second-order valence-electron chi connectivity index (χ2n) is 5.15. The minimum Gasteiger partial charge on any atom is -0.494 e. The molecule has 0 amide bonds. The van der Waals surface area contributed by atoms with Crippen LogP contribution in [0.5, 0.6) is 5.75 Å². The van der Waals surface area contributed by atoms with Gasteiger partial charge in [0.05, 0.1) is 13.2 Å². The molecule has 1 aromatic carbocycles. The van der Waals surface area contributed by atoms with E-state index in [1.54, 1.807) is 6.07 Å². The Hall–Kier alpha value is -1.81. The van der Waals surface area contributed by atoms with Crippen LogP contribution in [0.1, 0.15) is 42.0 Å². The molecule has 0 radical (unpaired) electrons. The summed E-state index contributed by atoms with van der Waals surface area (Å²) in [6, 6.07) is 6.99. The lowest BCUT2D eigenvalue weighted by atomic mass is 9.98. The Morgan fingerprint density at radius 1 is 1.29 bits per heavy atom. The number of rotatable bonds is 6. The van der Waals surface area contributed by atoms with Crippen LogP contribution >= 0.6 is 0 Å². The molecule has 2 aromatic rings. The Morgan fingerprint density at radius 2 is 2.05 bits per heavy atom. The Labute approximate surface area is 125 Å². The van der Waals surface area contributed by atoms with Crippen LogP contribution in [0, 0.1) is 19.7 Å². The standard InChI is InChI=1S/C17H22FNO2/c1-5-8-19-17(14-9-11(2)21-12(14)3)13-6-7-16(20-4)15(18)10-13/h6-7,9-10,17,19H,5,8H2,1-4H3. The van der Waals surface area contributed by atoms with Crippen molar-refractivity contribution in [3.05, 3.63) is 52.7 Å². The van der Waals surface area contributed by atoms with Gasteiger partial charge in [-0.2, -0.15) is 0 Å². The Bertz CT molecular complexity index is 607. The molecular weight excluding hydrogens is 269 g/mol. The molecular formula is C17H22FNO2. The maximum absolute atomic E-state index is 14.0. The smallest absolute Gasteiger partial charge is 0.165 e. The van der Waals surface area contributed by atoms with E-state index in [0.29, 0.717) is 0 Å². The van der Waals surface area contributed by atoms with Crippen molar-refractivity contribution in [2.45, 2.75) is 33.2 Å². The third-order valence-electron chi connectivity index (χ3n) is 3.50. The number of hydrogen-bond donors (Lipinski definition) is 1. The monoisotopic (exact) mass is 291 g/mol. The van der Waals surface area contributed by atoms with Gasteiger partial charge < -0.3 is 14.5 Å². The summed E-state index contributed by atoms with van der Waals surface area (Å²) in [6.07, 6.45) is 1.00. The minimum atomic E-state index is -0.351. The zero-order valence-electron chi connectivity index (χ0n) is 13.0. The van der Waals surface area contributed by atoms with Crippen molar-refractivity contribution in [2.24, 2.45) is 0 Å². The molecule has 1 heterocycles. The van der Waals surface area contributed by atoms with E-state index in [1.807, 2.05) is 26.0 Å². The van der Waals surface area contributed by atoms with Crippen molar-refractivity contribution in [3.8, 4) is 5.75 Å². The topological polar surface area (TPSA) is 34.4 Å². The number of hydrogen-bond acceptors (Lipinski definition) is 3. The molecule has 1 N–H and O–H groups in total. The summed E-state index contributed by atoms with van der Waals surface area (Å²) in [4.78, 5) is 0. The van der Waals surface area contributed by atoms with E-state index in [4.69, 9.17) is 9.15 Å². The fraction of sp³-hybridized carbons (Fsp3) is 0.412. The Morgan fingerprint density at radius 3 is 2.57 bits per heavy atom. The van der Waals surface area contributed by atoms with Gasteiger partial charge in [-0.3, -0.25) is 0 Å². The molecule has 114 valence electrons. The van der Waals surface area contributed by atoms with E-state index in [-0.39, 0.29) is 17.6 Å². The lowest BCUT2D eigenvalue weighted by Crippen LogP contribution is -2.23. The lowest BCUT2D eigenvalue weighted by Gasteiger charge is -2.19. The van der Waals surface area contributed by atoms with Crippen molar-refractivity contribution in [1.29, 1.82) is 0 Å². The van der Waals surface area contributed by atoms with Crippen molar-refractivity contribution in [1.82, 2.24) is 5.32 Å². The molecule has 21 heavy (non-hydrogen) atoms. The van der Waals surface area contributed by atoms with Gasteiger partial charge >= 0.3 is 0 Å². The van der Waals surface area contributed by atoms with E-state index in [9.17, 15) is 4.39 Å². The van der Waals surface area contributed by atoms with Crippen LogP contribution in [0.25, 0.3) is 0 Å². The van der Waals surface area contributed by atoms with Crippen molar-refractivity contribution in [2.75, 3.05) is 13.7 Å². The summed E-state index contributed by atoms with van der Waals surface area (Å²) >= 11 is 0. The number of benzene rings is 1. The highest BCUT2D eigenvalue weighted by molar-refractivity contribution is 5.38. The first-order valence-corrected chi connectivity index (χ1v) is 7.20. The van der Waals surface area contributed by atoms with Gasteiger partial charge in [-0.05, 0) is 50.6 Å². The molecule has 3 nitrogen and oxygen atoms in total. The van der Waals surface area contributed by atoms with Crippen molar-refractivity contribution < 1.29 is 13.5 Å². The molecule has 0 bridgehead atoms. The normalized spacial score (nSPS) is 12.4. The molecule has 0 aliphatic rings. The Kier molecular flexibility index (Phi) is 5.02. The molecule has 0 fully saturated rings. The SMILES string of the molecule is CCCNC(c1ccc(OC)c(F)c1)c1cc(C)oc1C. The largest absolute Gasteiger partial charge is 0.494 e. The summed E-state index contributed by atoms with van der Waals surface area (Å²) in [5, 5.41) is 3.45. The van der Waals surface area contributed by atoms with Crippen LogP contribution in [-0.2, 0) is 0 Å². The molecule has 0 aliphatic carbocycles. The van der Waals surface area contributed by atoms with Gasteiger partial charge in [0, 0.05) is 5.56 Å². The fourth-order valence-corrected chi connectivity index (χ4v) is 2.50. The molecule has 0 aliphatic heterocycles. The summed E-state index contributed by atoms with van der Waals surface area (Å²) in [6.45, 7) is 6.80. The summed E-state index contributed by atoms with van der Waals surface area (Å²) < 4.78 is 24.6. The average Bonchev–Trinajstić information content (AvgIpc) is 2.78. The third-order valence-corrected chi connectivity index (χ3v) is 3.50. The van der Waals surface area contributed by atoms with E-state index < -0.39 is 0 Å². The van der Waals surface area contributed by atoms with Gasteiger partial charge in [0.1, 0.15) is 11.5 Å². The molecule has 1 unspecified atom stereocenters. The van der Waals surface area contributed by atoms with Gasteiger partial charge in [-0.15, -0.1) is 0 Å². The van der Waals surface area contributed by atoms with Gasteiger partial charge in [0.15, 0.2) is 11.6 Å². The zero-order valence-corrected chi connectivity index (χ0v) is 13.0. The van der Waals surface area contributed by atoms with E-state index >= 15 is 0 Å². The number of ether oxygens (including phenoxy) is 1. The van der Waals surface area contributed by atoms with Crippen LogP contribution in [0.2, 0.25) is 0 Å². The first-order valence-electron chi connectivity index (χ1n) is 7.20. The minimum absolute atomic E-state index is 0.0807. The average molecular weight is 291 g/mol. The molecule has 0 saturated carbocycles. The molecule has 1 aromatic heterocycles. The lowest BCUT2D eigenvalue weighted by molar-refractivity contribution is 0.385. The van der Waals surface area contributed by atoms with E-state index in [2.05, 4.69) is 12.2 Å². The number of nitrogens with one attached hydrogen (secondary N) is 1. The second-order valence-corrected chi connectivity index (χ2v) is 5.15. The van der Waals surface area contributed by atoms with Crippen LogP contribution in [0.4, 0.5) is 4.39 Å². The van der Waals surface area contributed by atoms with Gasteiger partial charge in [0.2, 0.25) is 0 Å². The van der Waals surface area contributed by atoms with E-state index in [0.717, 1.165) is 35.6 Å². The molecule has 0 spiro atoms. The maximum Gasteiger partial charge on any atom is 0.165 e. The second kappa shape index (κ2) is 6.76. The van der Waals surface area contributed by atoms with Crippen molar-refractivity contribution >= 4 is 0 Å². The number of furan rings is 1. The molecule has 1 atom stereocenters. The van der Waals surface area contributed by atoms with Crippen LogP contribution in [0.3, 0.4) is 0 Å². The quantitative estimate of drug-likeness (QED) is 0.869. The van der Waals surface area contributed by atoms with Crippen LogP contribution in [0.15, 0.2) is 28.7 Å². The van der Waals surface area contributed by atoms with Crippen LogP contribution < -0.4 is 10.1 Å². The third kappa shape index (κ3) is 3.45. The summed E-state index contributed by atoms with van der Waals surface area (Å²) in [5.41, 5.74) is 1.91. The van der Waals surface area contributed by atoms with E-state index in [1.165, 1.54) is 13.2 Å². The van der Waals surface area contributed by atoms with Gasteiger partial charge in [-0.25, -0.2) is 4.39 Å². The van der Waals surface area contributed by atoms with Gasteiger partial charge in [-0.1, -0.05) is 13.0 Å². The predicted molar refractivity (Wildman–Crippen MR) is 81.3 cm³/mol. The highest BCUT2D eigenvalue weighted by Crippen LogP contribution is 2.30. The maximum atomic E-state index is 14.0. The molecule has 0 saturated heterocycles. The van der Waals surface area contributed by atoms with Crippen LogP contribution in [-0.4, -0.2) is 13.7 Å². The number of aryl methyl sites for hydroxylation is 2.